The largest absolute Gasteiger partial charge is 0.393 e. The van der Waals surface area contributed by atoms with Gasteiger partial charge in [0.05, 0.1) is 11.1 Å². The third-order valence-electron chi connectivity index (χ3n) is 3.03. The van der Waals surface area contributed by atoms with Crippen LogP contribution in [0.25, 0.3) is 10.1 Å². The zero-order valence-electron chi connectivity index (χ0n) is 11.0. The third-order valence-corrected chi connectivity index (χ3v) is 4.69. The summed E-state index contributed by atoms with van der Waals surface area (Å²) in [6, 6.07) is 4.25. The Hall–Kier alpha value is -1.17. The van der Waals surface area contributed by atoms with Gasteiger partial charge in [0.2, 0.25) is 0 Å². The molecule has 0 radical (unpaired) electrons. The van der Waals surface area contributed by atoms with Gasteiger partial charge in [-0.25, -0.2) is 4.39 Å². The van der Waals surface area contributed by atoms with Crippen LogP contribution in [0.15, 0.2) is 18.2 Å². The Labute approximate surface area is 125 Å². The molecule has 0 fully saturated rings. The van der Waals surface area contributed by atoms with Gasteiger partial charge in [-0.2, -0.15) is 0 Å². The third kappa shape index (κ3) is 3.29. The second-order valence-corrected chi connectivity index (χ2v) is 5.92. The lowest BCUT2D eigenvalue weighted by Gasteiger charge is -2.08. The van der Waals surface area contributed by atoms with Crippen LogP contribution in [-0.2, 0) is 0 Å². The number of hydrogen-bond donors (Lipinski definition) is 2. The Balaban J connectivity index is 2.12. The molecule has 3 nitrogen and oxygen atoms in total. The molecule has 1 atom stereocenters. The molecule has 0 saturated heterocycles. The predicted octanol–water partition coefficient (Wildman–Crippen LogP) is 3.58. The van der Waals surface area contributed by atoms with Gasteiger partial charge >= 0.3 is 0 Å². The van der Waals surface area contributed by atoms with E-state index in [-0.39, 0.29) is 11.7 Å². The van der Waals surface area contributed by atoms with Gasteiger partial charge in [-0.15, -0.1) is 11.3 Å². The Morgan fingerprint density at radius 2 is 2.30 bits per heavy atom. The molecule has 0 bridgehead atoms. The number of carbonyl (C=O) groups is 1. The molecule has 1 unspecified atom stereocenters. The van der Waals surface area contributed by atoms with E-state index >= 15 is 0 Å². The maximum absolute atomic E-state index is 13.1. The fourth-order valence-corrected chi connectivity index (χ4v) is 3.28. The van der Waals surface area contributed by atoms with Crippen LogP contribution in [0.4, 0.5) is 4.39 Å². The molecule has 1 aromatic heterocycles. The van der Waals surface area contributed by atoms with Gasteiger partial charge in [0, 0.05) is 16.6 Å². The Bertz CT molecular complexity index is 629. The maximum Gasteiger partial charge on any atom is 0.262 e. The minimum atomic E-state index is -0.415. The van der Waals surface area contributed by atoms with E-state index in [4.69, 9.17) is 11.6 Å². The van der Waals surface area contributed by atoms with Crippen LogP contribution in [-0.4, -0.2) is 23.7 Å². The number of carbonyl (C=O) groups excluding carboxylic acids is 1. The average Bonchev–Trinajstić information content (AvgIpc) is 2.75. The zero-order chi connectivity index (χ0) is 14.7. The number of hydrogen-bond acceptors (Lipinski definition) is 3. The minimum absolute atomic E-state index is 0.292. The highest BCUT2D eigenvalue weighted by Crippen LogP contribution is 2.35. The van der Waals surface area contributed by atoms with E-state index in [0.717, 1.165) is 11.3 Å². The summed E-state index contributed by atoms with van der Waals surface area (Å²) in [5.74, 6) is -0.645. The van der Waals surface area contributed by atoms with Gasteiger partial charge < -0.3 is 10.4 Å². The molecule has 20 heavy (non-hydrogen) atoms. The van der Waals surface area contributed by atoms with Crippen LogP contribution in [0.1, 0.15) is 29.4 Å². The fraction of sp³-hybridized carbons (Fsp3) is 0.357. The molecule has 2 aromatic rings. The van der Waals surface area contributed by atoms with Crippen molar-refractivity contribution in [1.29, 1.82) is 0 Å². The monoisotopic (exact) mass is 315 g/mol. The lowest BCUT2D eigenvalue weighted by atomic mass is 10.2. The van der Waals surface area contributed by atoms with E-state index in [1.54, 1.807) is 6.07 Å². The predicted molar refractivity (Wildman–Crippen MR) is 80.0 cm³/mol. The number of aliphatic hydroxyl groups is 1. The molecule has 6 heteroatoms. The average molecular weight is 316 g/mol. The number of halogens is 2. The van der Waals surface area contributed by atoms with Crippen molar-refractivity contribution < 1.29 is 14.3 Å². The number of nitrogens with one attached hydrogen (secondary N) is 1. The summed E-state index contributed by atoms with van der Waals surface area (Å²) >= 11 is 7.32. The molecular weight excluding hydrogens is 301 g/mol. The van der Waals surface area contributed by atoms with E-state index in [2.05, 4.69) is 5.32 Å². The van der Waals surface area contributed by atoms with E-state index in [1.807, 2.05) is 6.92 Å². The first kappa shape index (κ1) is 15.2. The molecule has 2 N–H and O–H groups in total. The van der Waals surface area contributed by atoms with Gasteiger partial charge in [-0.1, -0.05) is 18.5 Å². The topological polar surface area (TPSA) is 49.3 Å². The van der Waals surface area contributed by atoms with Gasteiger partial charge in [-0.05, 0) is 31.0 Å². The Morgan fingerprint density at radius 1 is 1.55 bits per heavy atom. The van der Waals surface area contributed by atoms with Crippen LogP contribution >= 0.6 is 22.9 Å². The molecule has 108 valence electrons. The summed E-state index contributed by atoms with van der Waals surface area (Å²) in [6.45, 7) is 2.26. The number of fused-ring (bicyclic) bond motifs is 1. The van der Waals surface area contributed by atoms with Crippen molar-refractivity contribution in [3.63, 3.8) is 0 Å². The molecule has 0 aliphatic carbocycles. The van der Waals surface area contributed by atoms with Crippen LogP contribution < -0.4 is 5.32 Å². The molecule has 1 heterocycles. The minimum Gasteiger partial charge on any atom is -0.393 e. The van der Waals surface area contributed by atoms with Crippen molar-refractivity contribution in [2.24, 2.45) is 0 Å². The van der Waals surface area contributed by atoms with E-state index in [1.165, 1.54) is 12.1 Å². The first-order valence-electron chi connectivity index (χ1n) is 6.36. The summed E-state index contributed by atoms with van der Waals surface area (Å²) in [5, 5.41) is 13.2. The Kier molecular flexibility index (Phi) is 4.96. The van der Waals surface area contributed by atoms with E-state index in [9.17, 15) is 14.3 Å². The first-order valence-corrected chi connectivity index (χ1v) is 7.56. The molecule has 0 aliphatic heterocycles. The summed E-state index contributed by atoms with van der Waals surface area (Å²) in [7, 11) is 0. The summed E-state index contributed by atoms with van der Waals surface area (Å²) in [6.07, 6.45) is 0.736. The number of benzene rings is 1. The molecule has 1 amide bonds. The highest BCUT2D eigenvalue weighted by Gasteiger charge is 2.17. The number of thiophene rings is 1. The molecule has 0 saturated carbocycles. The van der Waals surface area contributed by atoms with E-state index in [0.29, 0.717) is 39.4 Å². The van der Waals surface area contributed by atoms with Crippen LogP contribution in [0.5, 0.6) is 0 Å². The SMILES string of the molecule is CCC(O)CCNC(=O)c1sc2cc(F)ccc2c1Cl. The highest BCUT2D eigenvalue weighted by molar-refractivity contribution is 7.21. The van der Waals surface area contributed by atoms with Gasteiger partial charge in [0.25, 0.3) is 5.91 Å². The number of rotatable bonds is 5. The van der Waals surface area contributed by atoms with Crippen LogP contribution in [0, 0.1) is 5.82 Å². The van der Waals surface area contributed by atoms with Crippen molar-refractivity contribution >= 4 is 38.9 Å². The molecule has 0 spiro atoms. The maximum atomic E-state index is 13.1. The fourth-order valence-electron chi connectivity index (χ4n) is 1.82. The quantitative estimate of drug-likeness (QED) is 0.886. The molecule has 2 rings (SSSR count). The second kappa shape index (κ2) is 6.52. The standard InChI is InChI=1S/C14H15ClFNO2S/c1-2-9(18)5-6-17-14(19)13-12(15)10-4-3-8(16)7-11(10)20-13/h3-4,7,9,18H,2,5-6H2,1H3,(H,17,19). The Morgan fingerprint density at radius 3 is 3.00 bits per heavy atom. The summed E-state index contributed by atoms with van der Waals surface area (Å²) in [5.41, 5.74) is 0. The summed E-state index contributed by atoms with van der Waals surface area (Å²) in [4.78, 5) is 12.4. The lowest BCUT2D eigenvalue weighted by Crippen LogP contribution is -2.26. The van der Waals surface area contributed by atoms with Crippen molar-refractivity contribution in [3.8, 4) is 0 Å². The molecule has 1 aromatic carbocycles. The number of amides is 1. The molecular formula is C14H15ClFNO2S. The highest BCUT2D eigenvalue weighted by atomic mass is 35.5. The first-order chi connectivity index (χ1) is 9.52. The van der Waals surface area contributed by atoms with Crippen LogP contribution in [0.3, 0.4) is 0 Å². The smallest absolute Gasteiger partial charge is 0.262 e. The van der Waals surface area contributed by atoms with Crippen molar-refractivity contribution in [1.82, 2.24) is 5.32 Å². The van der Waals surface area contributed by atoms with Crippen molar-refractivity contribution in [3.05, 3.63) is 33.9 Å². The summed E-state index contributed by atoms with van der Waals surface area (Å²) < 4.78 is 13.8. The van der Waals surface area contributed by atoms with E-state index < -0.39 is 6.10 Å². The van der Waals surface area contributed by atoms with Gasteiger partial charge in [0.15, 0.2) is 0 Å². The van der Waals surface area contributed by atoms with Crippen molar-refractivity contribution in [2.75, 3.05) is 6.54 Å². The molecule has 0 aliphatic rings. The second-order valence-electron chi connectivity index (χ2n) is 4.49. The van der Waals surface area contributed by atoms with Gasteiger partial charge in [0.1, 0.15) is 10.7 Å². The van der Waals surface area contributed by atoms with Gasteiger partial charge in [-0.3, -0.25) is 4.79 Å². The van der Waals surface area contributed by atoms with Crippen molar-refractivity contribution in [2.45, 2.75) is 25.9 Å². The van der Waals surface area contributed by atoms with Crippen LogP contribution in [0.2, 0.25) is 5.02 Å². The zero-order valence-corrected chi connectivity index (χ0v) is 12.5. The normalized spacial score (nSPS) is 12.6. The lowest BCUT2D eigenvalue weighted by molar-refractivity contribution is 0.0946. The number of aliphatic hydroxyl groups excluding tert-OH is 1.